The van der Waals surface area contributed by atoms with E-state index in [1.54, 1.807) is 22.3 Å². The number of hydrogen-bond donors (Lipinski definition) is 0. The molecule has 84 valence electrons. The summed E-state index contributed by atoms with van der Waals surface area (Å²) in [5, 5.41) is 0. The van der Waals surface area contributed by atoms with Crippen molar-refractivity contribution >= 4 is 33.7 Å². The van der Waals surface area contributed by atoms with Crippen LogP contribution in [0.15, 0.2) is 35.9 Å². The molecule has 4 rings (SSSR count). The second-order valence-corrected chi connectivity index (χ2v) is 6.22. The lowest BCUT2D eigenvalue weighted by Gasteiger charge is -2.17. The highest BCUT2D eigenvalue weighted by molar-refractivity contribution is 14.1. The normalized spacial score (nSPS) is 20.2. The van der Waals surface area contributed by atoms with Crippen molar-refractivity contribution in [1.82, 2.24) is 0 Å². The van der Waals surface area contributed by atoms with Crippen LogP contribution in [0.3, 0.4) is 0 Å². The van der Waals surface area contributed by atoms with Crippen molar-refractivity contribution < 1.29 is 0 Å². The predicted octanol–water partition coefficient (Wildman–Crippen LogP) is 4.74. The van der Waals surface area contributed by atoms with Gasteiger partial charge >= 0.3 is 0 Å². The topological polar surface area (TPSA) is 0 Å². The Morgan fingerprint density at radius 2 is 2.00 bits per heavy atom. The zero-order valence-electron chi connectivity index (χ0n) is 9.59. The van der Waals surface area contributed by atoms with Crippen LogP contribution in [0.4, 0.5) is 0 Å². The van der Waals surface area contributed by atoms with Crippen LogP contribution in [0, 0.1) is 3.57 Å². The molecule has 0 saturated heterocycles. The molecule has 1 aromatic rings. The van der Waals surface area contributed by atoms with E-state index in [0.717, 1.165) is 0 Å². The van der Waals surface area contributed by atoms with Crippen molar-refractivity contribution in [2.75, 3.05) is 0 Å². The van der Waals surface area contributed by atoms with Crippen LogP contribution in [0.1, 0.15) is 36.0 Å². The predicted molar refractivity (Wildman–Crippen MR) is 80.8 cm³/mol. The molecule has 3 aliphatic carbocycles. The first-order valence-electron chi connectivity index (χ1n) is 6.28. The van der Waals surface area contributed by atoms with Crippen LogP contribution < -0.4 is 0 Å². The van der Waals surface area contributed by atoms with Gasteiger partial charge in [-0.2, -0.15) is 0 Å². The molecule has 0 radical (unpaired) electrons. The lowest BCUT2D eigenvalue weighted by Crippen LogP contribution is -2.00. The van der Waals surface area contributed by atoms with E-state index in [1.807, 2.05) is 0 Å². The van der Waals surface area contributed by atoms with E-state index in [0.29, 0.717) is 0 Å². The summed E-state index contributed by atoms with van der Waals surface area (Å²) in [5.41, 5.74) is 9.26. The molecule has 0 bridgehead atoms. The molecule has 0 nitrogen and oxygen atoms in total. The van der Waals surface area contributed by atoms with Gasteiger partial charge in [0.25, 0.3) is 0 Å². The molecule has 3 aliphatic rings. The van der Waals surface area contributed by atoms with Gasteiger partial charge in [0.2, 0.25) is 0 Å². The Balaban J connectivity index is 2.08. The van der Waals surface area contributed by atoms with Crippen molar-refractivity contribution in [3.8, 4) is 0 Å². The van der Waals surface area contributed by atoms with Crippen molar-refractivity contribution in [3.05, 3.63) is 56.2 Å². The number of allylic oxidation sites excluding steroid dienone is 6. The number of aryl methyl sites for hydroxylation is 1. The molecular weight excluding hydrogens is 319 g/mol. The second kappa shape index (κ2) is 3.58. The molecule has 0 aromatic heterocycles. The van der Waals surface area contributed by atoms with E-state index in [-0.39, 0.29) is 0 Å². The quantitative estimate of drug-likeness (QED) is 0.602. The number of halogens is 1. The minimum absolute atomic E-state index is 1.20. The smallest absolute Gasteiger partial charge is 0.0139 e. The Morgan fingerprint density at radius 1 is 1.06 bits per heavy atom. The van der Waals surface area contributed by atoms with E-state index in [2.05, 4.69) is 53.0 Å². The van der Waals surface area contributed by atoms with Gasteiger partial charge in [0.15, 0.2) is 0 Å². The van der Waals surface area contributed by atoms with Crippen LogP contribution in [0.2, 0.25) is 0 Å². The summed E-state index contributed by atoms with van der Waals surface area (Å²) in [4.78, 5) is 0. The molecule has 0 unspecified atom stereocenters. The van der Waals surface area contributed by atoms with Gasteiger partial charge in [-0.1, -0.05) is 18.2 Å². The van der Waals surface area contributed by atoms with Crippen LogP contribution in [0.25, 0.3) is 11.1 Å². The van der Waals surface area contributed by atoms with Crippen LogP contribution in [-0.4, -0.2) is 0 Å². The van der Waals surface area contributed by atoms with Crippen molar-refractivity contribution in [3.63, 3.8) is 0 Å². The van der Waals surface area contributed by atoms with Crippen molar-refractivity contribution in [2.45, 2.75) is 25.7 Å². The SMILES string of the molecule is Ic1cc2c3c(c1)C1=C(CCC=C1)C3=CCC2. The molecular formula is C16H13I. The van der Waals surface area contributed by atoms with E-state index in [1.165, 1.54) is 40.4 Å². The second-order valence-electron chi connectivity index (χ2n) is 4.98. The van der Waals surface area contributed by atoms with Gasteiger partial charge in [-0.25, -0.2) is 0 Å². The average molecular weight is 332 g/mol. The zero-order chi connectivity index (χ0) is 11.4. The highest BCUT2D eigenvalue weighted by atomic mass is 127. The molecule has 1 heteroatoms. The fourth-order valence-electron chi connectivity index (χ4n) is 3.34. The molecule has 0 amide bonds. The minimum Gasteiger partial charge on any atom is -0.0836 e. The van der Waals surface area contributed by atoms with Gasteiger partial charge in [0.1, 0.15) is 0 Å². The molecule has 0 aliphatic heterocycles. The lowest BCUT2D eigenvalue weighted by molar-refractivity contribution is 0.963. The Hall–Kier alpha value is -0.830. The lowest BCUT2D eigenvalue weighted by atomic mass is 9.88. The van der Waals surface area contributed by atoms with Gasteiger partial charge < -0.3 is 0 Å². The van der Waals surface area contributed by atoms with Crippen LogP contribution >= 0.6 is 22.6 Å². The Morgan fingerprint density at radius 3 is 2.94 bits per heavy atom. The Labute approximate surface area is 115 Å². The summed E-state index contributed by atoms with van der Waals surface area (Å²) >= 11 is 2.45. The maximum atomic E-state index is 2.46. The molecule has 0 fully saturated rings. The molecule has 17 heavy (non-hydrogen) atoms. The molecule has 0 heterocycles. The number of rotatable bonds is 0. The highest BCUT2D eigenvalue weighted by Crippen LogP contribution is 2.49. The molecule has 0 N–H and O–H groups in total. The van der Waals surface area contributed by atoms with E-state index < -0.39 is 0 Å². The van der Waals surface area contributed by atoms with Gasteiger partial charge in [-0.05, 0) is 93.8 Å². The third-order valence-electron chi connectivity index (χ3n) is 4.00. The first-order chi connectivity index (χ1) is 8.34. The summed E-state index contributed by atoms with van der Waals surface area (Å²) in [7, 11) is 0. The summed E-state index contributed by atoms with van der Waals surface area (Å²) in [6.07, 6.45) is 12.0. The number of hydrogen-bond acceptors (Lipinski definition) is 0. The number of fused-ring (bicyclic) bond motifs is 2. The number of benzene rings is 1. The standard InChI is InChI=1S/C16H13I/c17-11-8-10-4-3-7-14-12-5-1-2-6-13(12)15(9-11)16(10)14/h2,6-9H,1,3-5H2. The maximum Gasteiger partial charge on any atom is 0.0139 e. The first-order valence-corrected chi connectivity index (χ1v) is 7.36. The summed E-state index contributed by atoms with van der Waals surface area (Å²) in [5.74, 6) is 0. The fourth-order valence-corrected chi connectivity index (χ4v) is 4.02. The fraction of sp³-hybridized carbons (Fsp3) is 0.250. The third-order valence-corrected chi connectivity index (χ3v) is 4.63. The van der Waals surface area contributed by atoms with E-state index in [9.17, 15) is 0 Å². The highest BCUT2D eigenvalue weighted by Gasteiger charge is 2.29. The van der Waals surface area contributed by atoms with Gasteiger partial charge in [0, 0.05) is 3.57 Å². The van der Waals surface area contributed by atoms with E-state index in [4.69, 9.17) is 0 Å². The molecule has 0 spiro atoms. The van der Waals surface area contributed by atoms with Gasteiger partial charge in [0.05, 0.1) is 0 Å². The van der Waals surface area contributed by atoms with Gasteiger partial charge in [-0.15, -0.1) is 0 Å². The monoisotopic (exact) mass is 332 g/mol. The summed E-state index contributed by atoms with van der Waals surface area (Å²) in [6.45, 7) is 0. The van der Waals surface area contributed by atoms with Crippen LogP contribution in [-0.2, 0) is 6.42 Å². The summed E-state index contributed by atoms with van der Waals surface area (Å²) in [6, 6.07) is 4.73. The van der Waals surface area contributed by atoms with Gasteiger partial charge in [-0.3, -0.25) is 0 Å². The molecule has 1 aromatic carbocycles. The van der Waals surface area contributed by atoms with Crippen molar-refractivity contribution in [1.29, 1.82) is 0 Å². The average Bonchev–Trinajstić information content (AvgIpc) is 2.67. The summed E-state index contributed by atoms with van der Waals surface area (Å²) < 4.78 is 1.38. The third kappa shape index (κ3) is 1.35. The zero-order valence-corrected chi connectivity index (χ0v) is 11.8. The van der Waals surface area contributed by atoms with Crippen LogP contribution in [0.5, 0.6) is 0 Å². The maximum absolute atomic E-state index is 2.46. The Bertz CT molecular complexity index is 615. The Kier molecular flexibility index (Phi) is 2.13. The van der Waals surface area contributed by atoms with Crippen molar-refractivity contribution in [2.24, 2.45) is 0 Å². The van der Waals surface area contributed by atoms with E-state index >= 15 is 0 Å². The molecule has 0 saturated carbocycles. The molecule has 0 atom stereocenters. The minimum atomic E-state index is 1.20. The first kappa shape index (κ1) is 10.1. The largest absolute Gasteiger partial charge is 0.0836 e.